The molecule has 0 bridgehead atoms. The summed E-state index contributed by atoms with van der Waals surface area (Å²) in [6.45, 7) is 0. The minimum atomic E-state index is -0.437. The second kappa shape index (κ2) is 14.3. The van der Waals surface area contributed by atoms with E-state index < -0.39 is 5.41 Å². The molecular weight excluding hydrogens is 817 g/mol. The second-order valence-electron chi connectivity index (χ2n) is 19.3. The van der Waals surface area contributed by atoms with Gasteiger partial charge in [-0.15, -0.1) is 0 Å². The van der Waals surface area contributed by atoms with Gasteiger partial charge in [-0.25, -0.2) is 0 Å². The van der Waals surface area contributed by atoms with Crippen LogP contribution in [0, 0.1) is 0 Å². The summed E-state index contributed by atoms with van der Waals surface area (Å²) < 4.78 is 0. The van der Waals surface area contributed by atoms with E-state index in [4.69, 9.17) is 0 Å². The largest absolute Gasteiger partial charge is 0.0725 e. The van der Waals surface area contributed by atoms with E-state index in [1.54, 1.807) is 0 Å². The monoisotopic (exact) mass is 860 g/mol. The van der Waals surface area contributed by atoms with Crippen molar-refractivity contribution >= 4 is 10.8 Å². The number of hydrogen-bond acceptors (Lipinski definition) is 0. The van der Waals surface area contributed by atoms with Crippen LogP contribution in [0.15, 0.2) is 237 Å². The van der Waals surface area contributed by atoms with E-state index >= 15 is 0 Å². The van der Waals surface area contributed by atoms with E-state index in [2.05, 4.69) is 237 Å². The Bertz CT molecular complexity index is 3860. The predicted molar refractivity (Wildman–Crippen MR) is 281 cm³/mol. The molecule has 15 rings (SSSR count). The molecule has 1 atom stereocenters. The van der Waals surface area contributed by atoms with Gasteiger partial charge in [-0.2, -0.15) is 0 Å². The van der Waals surface area contributed by atoms with Gasteiger partial charge in [0.2, 0.25) is 0 Å². The maximum atomic E-state index is 2.62. The van der Waals surface area contributed by atoms with Crippen LogP contribution >= 0.6 is 0 Å². The first-order valence-electron chi connectivity index (χ1n) is 24.2. The molecule has 68 heavy (non-hydrogen) atoms. The summed E-state index contributed by atoms with van der Waals surface area (Å²) in [5, 5.41) is 2.62. The Kier molecular flexibility index (Phi) is 7.98. The van der Waals surface area contributed by atoms with E-state index in [-0.39, 0.29) is 5.92 Å². The lowest BCUT2D eigenvalue weighted by Crippen LogP contribution is -2.26. The summed E-state index contributed by atoms with van der Waals surface area (Å²) >= 11 is 0. The highest BCUT2D eigenvalue weighted by Crippen LogP contribution is 2.63. The first-order chi connectivity index (χ1) is 33.8. The van der Waals surface area contributed by atoms with Crippen molar-refractivity contribution in [1.82, 2.24) is 0 Å². The molecule has 11 aromatic carbocycles. The topological polar surface area (TPSA) is 0 Å². The van der Waals surface area contributed by atoms with Crippen LogP contribution in [0.4, 0.5) is 0 Å². The highest BCUT2D eigenvalue weighted by atomic mass is 14.5. The van der Waals surface area contributed by atoms with E-state index in [1.165, 1.54) is 139 Å². The molecule has 0 amide bonds. The fourth-order valence-electron chi connectivity index (χ4n) is 13.5. The molecule has 0 saturated carbocycles. The molecule has 11 aromatic rings. The van der Waals surface area contributed by atoms with E-state index in [0.717, 1.165) is 12.8 Å². The average Bonchev–Trinajstić information content (AvgIpc) is 4.14. The molecule has 0 heteroatoms. The van der Waals surface area contributed by atoms with Crippen LogP contribution in [0.3, 0.4) is 0 Å². The molecule has 316 valence electrons. The minimum Gasteiger partial charge on any atom is -0.0622 e. The summed E-state index contributed by atoms with van der Waals surface area (Å²) in [7, 11) is 0. The van der Waals surface area contributed by atoms with Crippen molar-refractivity contribution in [2.45, 2.75) is 24.2 Å². The van der Waals surface area contributed by atoms with Crippen LogP contribution in [0.25, 0.3) is 77.5 Å². The van der Waals surface area contributed by atoms with Gasteiger partial charge in [0, 0.05) is 5.92 Å². The Hall–Kier alpha value is -8.32. The van der Waals surface area contributed by atoms with Crippen LogP contribution in [-0.4, -0.2) is 0 Å². The van der Waals surface area contributed by atoms with Gasteiger partial charge < -0.3 is 0 Å². The fourth-order valence-corrected chi connectivity index (χ4v) is 13.5. The van der Waals surface area contributed by atoms with Gasteiger partial charge in [0.1, 0.15) is 0 Å². The maximum absolute atomic E-state index is 2.62. The highest BCUT2D eigenvalue weighted by molar-refractivity contribution is 6.06. The molecule has 0 aromatic heterocycles. The maximum Gasteiger partial charge on any atom is 0.0725 e. The molecule has 0 N–H and O–H groups in total. The third kappa shape index (κ3) is 5.10. The van der Waals surface area contributed by atoms with Gasteiger partial charge >= 0.3 is 0 Å². The molecule has 4 aliphatic rings. The zero-order valence-electron chi connectivity index (χ0n) is 37.5. The summed E-state index contributed by atoms with van der Waals surface area (Å²) in [6.07, 6.45) is 1.84. The summed E-state index contributed by atoms with van der Waals surface area (Å²) in [5.74, 6) is -0.0735. The third-order valence-electron chi connectivity index (χ3n) is 16.1. The molecule has 0 aliphatic heterocycles. The standard InChI is InChI=1S/C68H44/c1-2-18-42(19-3-1)47-23-8-9-29-55(47)65(46-36-37-54-53-28-12-15-35-63(53)68(64(54)41-46)61-33-13-10-26-51(61)52-27-11-14-34-62(52)68)57-32-16-22-45-40-60-59(66(45)57)39-44-21-5-7-25-49(44)67(60)56-31-17-30-50-48-24-6-4-20-43(48)38-58(50)56/h1-37,39,41,65H,38,40H2. The van der Waals surface area contributed by atoms with Crippen molar-refractivity contribution in [3.8, 4) is 66.8 Å². The highest BCUT2D eigenvalue weighted by Gasteiger charge is 2.51. The third-order valence-corrected chi connectivity index (χ3v) is 16.1. The molecule has 0 fully saturated rings. The summed E-state index contributed by atoms with van der Waals surface area (Å²) in [6, 6.07) is 90.1. The van der Waals surface area contributed by atoms with Crippen LogP contribution in [-0.2, 0) is 18.3 Å². The Morgan fingerprint density at radius 3 is 1.62 bits per heavy atom. The summed E-state index contributed by atoms with van der Waals surface area (Å²) in [5.41, 5.74) is 30.8. The van der Waals surface area contributed by atoms with Crippen molar-refractivity contribution in [2.75, 3.05) is 0 Å². The molecule has 0 radical (unpaired) electrons. The molecule has 1 spiro atoms. The first-order valence-corrected chi connectivity index (χ1v) is 24.2. The minimum absolute atomic E-state index is 0.0735. The zero-order chi connectivity index (χ0) is 44.5. The van der Waals surface area contributed by atoms with Crippen LogP contribution < -0.4 is 0 Å². The molecule has 4 aliphatic carbocycles. The Balaban J connectivity index is 1.01. The Morgan fingerprint density at radius 1 is 0.309 bits per heavy atom. The van der Waals surface area contributed by atoms with Crippen LogP contribution in [0.2, 0.25) is 0 Å². The second-order valence-corrected chi connectivity index (χ2v) is 19.3. The van der Waals surface area contributed by atoms with Crippen molar-refractivity contribution in [3.63, 3.8) is 0 Å². The van der Waals surface area contributed by atoms with Gasteiger partial charge in [-0.1, -0.05) is 231 Å². The Labute approximate surface area is 397 Å². The molecule has 1 unspecified atom stereocenters. The number of rotatable bonds is 5. The number of benzene rings is 11. The van der Waals surface area contributed by atoms with Gasteiger partial charge in [0.15, 0.2) is 0 Å². The smallest absolute Gasteiger partial charge is 0.0622 e. The van der Waals surface area contributed by atoms with E-state index in [9.17, 15) is 0 Å². The lowest BCUT2D eigenvalue weighted by molar-refractivity contribution is 0.790. The molecule has 0 heterocycles. The molecule has 0 nitrogen and oxygen atoms in total. The van der Waals surface area contributed by atoms with Gasteiger partial charge in [0.25, 0.3) is 0 Å². The van der Waals surface area contributed by atoms with Crippen molar-refractivity contribution < 1.29 is 0 Å². The number of hydrogen-bond donors (Lipinski definition) is 0. The van der Waals surface area contributed by atoms with Gasteiger partial charge in [-0.3, -0.25) is 0 Å². The van der Waals surface area contributed by atoms with Crippen molar-refractivity contribution in [3.05, 3.63) is 298 Å². The lowest BCUT2D eigenvalue weighted by atomic mass is 9.69. The normalized spacial score (nSPS) is 14.1. The van der Waals surface area contributed by atoms with E-state index in [0.29, 0.717) is 0 Å². The van der Waals surface area contributed by atoms with Crippen LogP contribution in [0.5, 0.6) is 0 Å². The van der Waals surface area contributed by atoms with Crippen LogP contribution in [0.1, 0.15) is 67.1 Å². The molecular formula is C68H44. The van der Waals surface area contributed by atoms with Gasteiger partial charge in [0.05, 0.1) is 5.41 Å². The van der Waals surface area contributed by atoms with Gasteiger partial charge in [-0.05, 0) is 158 Å². The van der Waals surface area contributed by atoms with E-state index in [1.807, 2.05) is 0 Å². The quantitative estimate of drug-likeness (QED) is 0.151. The lowest BCUT2D eigenvalue weighted by Gasteiger charge is -2.32. The summed E-state index contributed by atoms with van der Waals surface area (Å²) in [4.78, 5) is 0. The number of fused-ring (bicyclic) bond motifs is 17. The predicted octanol–water partition coefficient (Wildman–Crippen LogP) is 16.8. The average molecular weight is 861 g/mol. The van der Waals surface area contributed by atoms with Crippen molar-refractivity contribution in [1.29, 1.82) is 0 Å². The van der Waals surface area contributed by atoms with Crippen molar-refractivity contribution in [2.24, 2.45) is 0 Å². The Morgan fingerprint density at radius 2 is 0.853 bits per heavy atom. The first kappa shape index (κ1) is 37.9. The zero-order valence-corrected chi connectivity index (χ0v) is 37.5. The molecule has 0 saturated heterocycles. The fraction of sp³-hybridized carbons (Fsp3) is 0.0588. The SMILES string of the molecule is c1ccc(-c2ccccc2C(c2ccc3c(c2)C2(c4ccccc4-c4ccccc42)c2ccccc2-3)c2cccc3c2-c2cc4ccccc4c(-c4cccc5c4Cc4ccccc4-5)c2C3)cc1.